The number of nitrogens with zero attached hydrogens (tertiary/aromatic N) is 3. The molecule has 1 aromatic heterocycles. The molecule has 0 spiro atoms. The maximum atomic E-state index is 12.9. The van der Waals surface area contributed by atoms with Crippen LogP contribution in [-0.4, -0.2) is 28.9 Å². The highest BCUT2D eigenvalue weighted by molar-refractivity contribution is 7.09. The van der Waals surface area contributed by atoms with E-state index in [0.29, 0.717) is 6.42 Å². The zero-order valence-electron chi connectivity index (χ0n) is 18.2. The molecule has 0 fully saturated rings. The summed E-state index contributed by atoms with van der Waals surface area (Å²) in [6.07, 6.45) is 0.681. The maximum Gasteiger partial charge on any atom is 0.240 e. The highest BCUT2D eigenvalue weighted by Crippen LogP contribution is 2.22. The summed E-state index contributed by atoms with van der Waals surface area (Å²) in [6, 6.07) is 28.2. The van der Waals surface area contributed by atoms with E-state index in [1.54, 1.807) is 0 Å². The van der Waals surface area contributed by atoms with E-state index in [2.05, 4.69) is 45.9 Å². The van der Waals surface area contributed by atoms with Crippen LogP contribution in [0.15, 0.2) is 84.9 Å². The van der Waals surface area contributed by atoms with Crippen LogP contribution in [0.2, 0.25) is 0 Å². The lowest BCUT2D eigenvalue weighted by atomic mass is 9.99. The molecule has 32 heavy (non-hydrogen) atoms. The third-order valence-corrected chi connectivity index (χ3v) is 6.09. The Bertz CT molecular complexity index is 1100. The fraction of sp³-hybridized carbons (Fsp3) is 0.192. The van der Waals surface area contributed by atoms with Crippen molar-refractivity contribution >= 4 is 22.6 Å². The zero-order chi connectivity index (χ0) is 22.3. The van der Waals surface area contributed by atoms with Crippen molar-refractivity contribution in [2.75, 3.05) is 18.5 Å². The Labute approximate surface area is 192 Å². The monoisotopic (exact) mass is 442 g/mol. The smallest absolute Gasteiger partial charge is 0.240 e. The predicted octanol–water partition coefficient (Wildman–Crippen LogP) is 4.78. The second-order valence-corrected chi connectivity index (χ2v) is 8.56. The number of carbonyl (C=O) groups excluding carboxylic acids is 1. The van der Waals surface area contributed by atoms with Gasteiger partial charge in [0.1, 0.15) is 5.82 Å². The van der Waals surface area contributed by atoms with Crippen LogP contribution < -0.4 is 10.2 Å². The predicted molar refractivity (Wildman–Crippen MR) is 130 cm³/mol. The van der Waals surface area contributed by atoms with Crippen molar-refractivity contribution in [2.24, 2.45) is 0 Å². The van der Waals surface area contributed by atoms with Gasteiger partial charge in [0.25, 0.3) is 0 Å². The van der Waals surface area contributed by atoms with Crippen molar-refractivity contribution in [1.82, 2.24) is 14.7 Å². The summed E-state index contributed by atoms with van der Waals surface area (Å²) in [5.74, 6) is 0.702. The summed E-state index contributed by atoms with van der Waals surface area (Å²) >= 11 is 1.32. The number of amides is 1. The molecule has 0 saturated heterocycles. The van der Waals surface area contributed by atoms with Crippen LogP contribution in [0.25, 0.3) is 0 Å². The Morgan fingerprint density at radius 1 is 0.938 bits per heavy atom. The van der Waals surface area contributed by atoms with Gasteiger partial charge < -0.3 is 10.2 Å². The average Bonchev–Trinajstić information content (AvgIpc) is 3.29. The van der Waals surface area contributed by atoms with E-state index in [0.717, 1.165) is 22.1 Å². The minimum atomic E-state index is -0.204. The Morgan fingerprint density at radius 3 is 2.12 bits per heavy atom. The second kappa shape index (κ2) is 10.2. The molecule has 0 atom stereocenters. The molecule has 0 unspecified atom stereocenters. The van der Waals surface area contributed by atoms with E-state index in [1.165, 1.54) is 22.7 Å². The van der Waals surface area contributed by atoms with Crippen LogP contribution in [0, 0.1) is 6.92 Å². The quantitative estimate of drug-likeness (QED) is 0.427. The highest BCUT2D eigenvalue weighted by Gasteiger charge is 2.19. The minimum absolute atomic E-state index is 0.0690. The van der Waals surface area contributed by atoms with Crippen LogP contribution in [0.3, 0.4) is 0 Å². The molecular formula is C26H26N4OS. The lowest BCUT2D eigenvalue weighted by Gasteiger charge is -2.22. The van der Waals surface area contributed by atoms with E-state index in [1.807, 2.05) is 72.6 Å². The van der Waals surface area contributed by atoms with Gasteiger partial charge in [0.2, 0.25) is 11.0 Å². The Balaban J connectivity index is 1.41. The first kappa shape index (κ1) is 21.7. The van der Waals surface area contributed by atoms with Gasteiger partial charge >= 0.3 is 0 Å². The molecule has 4 rings (SSSR count). The van der Waals surface area contributed by atoms with Crippen molar-refractivity contribution in [1.29, 1.82) is 0 Å². The fourth-order valence-corrected chi connectivity index (χ4v) is 4.14. The van der Waals surface area contributed by atoms with E-state index in [-0.39, 0.29) is 18.5 Å². The molecule has 3 aromatic carbocycles. The van der Waals surface area contributed by atoms with E-state index in [4.69, 9.17) is 0 Å². The van der Waals surface area contributed by atoms with Crippen molar-refractivity contribution < 1.29 is 4.79 Å². The molecule has 0 saturated carbocycles. The molecule has 162 valence electrons. The number of aromatic nitrogens is 2. The van der Waals surface area contributed by atoms with Crippen LogP contribution in [0.1, 0.15) is 34.1 Å². The molecule has 1 heterocycles. The minimum Gasteiger partial charge on any atom is -0.344 e. The number of aryl methyl sites for hydroxylation is 1. The fourth-order valence-electron chi connectivity index (χ4n) is 3.50. The number of rotatable bonds is 8. The lowest BCUT2D eigenvalue weighted by Crippen LogP contribution is -2.37. The van der Waals surface area contributed by atoms with Gasteiger partial charge in [0, 0.05) is 25.0 Å². The number of anilines is 1. The van der Waals surface area contributed by atoms with Crippen molar-refractivity contribution in [3.8, 4) is 0 Å². The average molecular weight is 443 g/mol. The lowest BCUT2D eigenvalue weighted by molar-refractivity contribution is -0.120. The number of likely N-dealkylation sites (N-methyl/N-ethyl adjacent to an activating group) is 1. The zero-order valence-corrected chi connectivity index (χ0v) is 19.0. The molecule has 5 nitrogen and oxygen atoms in total. The molecule has 4 aromatic rings. The second-order valence-electron chi connectivity index (χ2n) is 7.83. The molecule has 0 aliphatic rings. The maximum absolute atomic E-state index is 12.9. The largest absolute Gasteiger partial charge is 0.344 e. The van der Waals surface area contributed by atoms with Gasteiger partial charge in [-0.05, 0) is 23.6 Å². The summed E-state index contributed by atoms with van der Waals surface area (Å²) in [4.78, 5) is 19.4. The molecule has 1 N–H and O–H groups in total. The topological polar surface area (TPSA) is 58.1 Å². The Hall–Kier alpha value is -3.51. The standard InChI is InChI=1S/C26H26N4OS/c1-19-13-15-20(16-14-19)17-23-27-26(32-29-23)30(2)18-24(31)28-25(21-9-5-3-6-10-21)22-11-7-4-8-12-22/h3-16,25H,17-18H2,1-2H3,(H,28,31). The van der Waals surface area contributed by atoms with Gasteiger partial charge in [-0.2, -0.15) is 4.37 Å². The van der Waals surface area contributed by atoms with Gasteiger partial charge in [0.05, 0.1) is 12.6 Å². The van der Waals surface area contributed by atoms with Gasteiger partial charge in [-0.1, -0.05) is 90.5 Å². The molecular weight excluding hydrogens is 416 g/mol. The summed E-state index contributed by atoms with van der Waals surface area (Å²) < 4.78 is 4.48. The molecule has 0 aliphatic carbocycles. The van der Waals surface area contributed by atoms with E-state index >= 15 is 0 Å². The first-order valence-electron chi connectivity index (χ1n) is 10.6. The SMILES string of the molecule is Cc1ccc(Cc2nsc(N(C)CC(=O)NC(c3ccccc3)c3ccccc3)n2)cc1. The van der Waals surface area contributed by atoms with Crippen molar-refractivity contribution in [2.45, 2.75) is 19.4 Å². The van der Waals surface area contributed by atoms with Crippen LogP contribution in [-0.2, 0) is 11.2 Å². The number of benzene rings is 3. The molecule has 1 amide bonds. The summed E-state index contributed by atoms with van der Waals surface area (Å²) in [5, 5.41) is 3.91. The van der Waals surface area contributed by atoms with Crippen LogP contribution in [0.4, 0.5) is 5.13 Å². The molecule has 0 bridgehead atoms. The van der Waals surface area contributed by atoms with Crippen molar-refractivity contribution in [3.63, 3.8) is 0 Å². The van der Waals surface area contributed by atoms with Crippen LogP contribution in [0.5, 0.6) is 0 Å². The molecule has 0 aliphatic heterocycles. The Kier molecular flexibility index (Phi) is 6.92. The summed E-state index contributed by atoms with van der Waals surface area (Å²) in [6.45, 7) is 2.28. The number of nitrogens with one attached hydrogen (secondary N) is 1. The number of hydrogen-bond acceptors (Lipinski definition) is 5. The normalized spacial score (nSPS) is 10.8. The van der Waals surface area contributed by atoms with Gasteiger partial charge in [-0.15, -0.1) is 0 Å². The third-order valence-electron chi connectivity index (χ3n) is 5.22. The number of carbonyl (C=O) groups is 1. The van der Waals surface area contributed by atoms with Gasteiger partial charge in [0.15, 0.2) is 0 Å². The highest BCUT2D eigenvalue weighted by atomic mass is 32.1. The Morgan fingerprint density at radius 2 is 1.53 bits per heavy atom. The van der Waals surface area contributed by atoms with Crippen LogP contribution >= 0.6 is 11.5 Å². The van der Waals surface area contributed by atoms with E-state index in [9.17, 15) is 4.79 Å². The molecule has 0 radical (unpaired) electrons. The third kappa shape index (κ3) is 5.59. The molecule has 6 heteroatoms. The summed E-state index contributed by atoms with van der Waals surface area (Å²) in [5.41, 5.74) is 4.50. The van der Waals surface area contributed by atoms with Crippen molar-refractivity contribution in [3.05, 3.63) is 113 Å². The first-order chi connectivity index (χ1) is 15.6. The van der Waals surface area contributed by atoms with E-state index < -0.39 is 0 Å². The summed E-state index contributed by atoms with van der Waals surface area (Å²) in [7, 11) is 1.87. The first-order valence-corrected chi connectivity index (χ1v) is 11.3. The van der Waals surface area contributed by atoms with Gasteiger partial charge in [-0.3, -0.25) is 4.79 Å². The number of hydrogen-bond donors (Lipinski definition) is 1. The van der Waals surface area contributed by atoms with Gasteiger partial charge in [-0.25, -0.2) is 4.98 Å².